The van der Waals surface area contributed by atoms with Crippen LogP contribution in [0, 0.1) is 0 Å². The maximum Gasteiger partial charge on any atom is 0.333 e. The van der Waals surface area contributed by atoms with Gasteiger partial charge in [-0.05, 0) is 61.0 Å². The van der Waals surface area contributed by atoms with Crippen molar-refractivity contribution in [3.05, 3.63) is 89.7 Å². The topological polar surface area (TPSA) is 359 Å². The molecule has 27 nitrogen and oxygen atoms in total. The molecule has 6 aromatic rings. The van der Waals surface area contributed by atoms with Gasteiger partial charge in [-0.15, -0.1) is 0 Å². The zero-order chi connectivity index (χ0) is 55.1. The highest BCUT2D eigenvalue weighted by Gasteiger charge is 2.37. The summed E-state index contributed by atoms with van der Waals surface area (Å²) in [4.78, 5) is 97.0. The molecule has 27 heteroatoms. The Labute approximate surface area is 446 Å². The fourth-order valence-corrected chi connectivity index (χ4v) is 8.67. The van der Waals surface area contributed by atoms with Crippen molar-refractivity contribution < 1.29 is 57.9 Å². The van der Waals surface area contributed by atoms with Crippen LogP contribution in [0.4, 0.5) is 33.6 Å². The number of fused-ring (bicyclic) bond motifs is 4. The Kier molecular flexibility index (Phi) is 18.6. The average Bonchev–Trinajstić information content (AvgIpc) is 4.17. The molecule has 0 unspecified atom stereocenters. The van der Waals surface area contributed by atoms with Gasteiger partial charge in [0.05, 0.1) is 93.8 Å². The zero-order valence-corrected chi connectivity index (χ0v) is 42.6. The molecule has 5 amide bonds. The number of nitrogens with one attached hydrogen (secondary N) is 4. The predicted octanol–water partition coefficient (Wildman–Crippen LogP) is 1.55. The normalized spacial score (nSPS) is 13.3. The van der Waals surface area contributed by atoms with Crippen molar-refractivity contribution in [1.29, 1.82) is 0 Å². The number of hydrazine groups is 1. The first-order chi connectivity index (χ1) is 37.8. The maximum atomic E-state index is 14.2. The molecule has 0 bridgehead atoms. The van der Waals surface area contributed by atoms with Crippen LogP contribution in [-0.2, 0) is 51.2 Å². The average molecular weight is 1070 g/mol. The van der Waals surface area contributed by atoms with E-state index in [2.05, 4.69) is 41.3 Å². The van der Waals surface area contributed by atoms with Gasteiger partial charge in [0.1, 0.15) is 24.0 Å². The van der Waals surface area contributed by atoms with Crippen LogP contribution in [-0.4, -0.2) is 173 Å². The quantitative estimate of drug-likeness (QED) is 0.0267. The summed E-state index contributed by atoms with van der Waals surface area (Å²) in [6.45, 7) is 3.81. The van der Waals surface area contributed by atoms with Crippen molar-refractivity contribution in [3.63, 3.8) is 0 Å². The minimum Gasteiger partial charge on any atom is -0.508 e. The molecule has 1 fully saturated rings. The highest BCUT2D eigenvalue weighted by molar-refractivity contribution is 6.27. The second-order valence-corrected chi connectivity index (χ2v) is 17.8. The van der Waals surface area contributed by atoms with Crippen LogP contribution in [0.5, 0.6) is 5.75 Å². The third-order valence-electron chi connectivity index (χ3n) is 12.4. The number of carbonyl (C=O) groups excluding carboxylic acids is 5. The number of nitrogens with zero attached hydrogens (tertiary/aromatic N) is 9. The summed E-state index contributed by atoms with van der Waals surface area (Å²) in [5, 5.41) is 34.7. The maximum absolute atomic E-state index is 14.2. The number of carboxylic acid groups (broad SMARTS) is 1. The lowest BCUT2D eigenvalue weighted by Crippen LogP contribution is -2.49. The van der Waals surface area contributed by atoms with E-state index in [0.29, 0.717) is 84.4 Å². The number of nitrogens with two attached hydrogens (primary N) is 2. The number of phenolic OH excluding ortho intramolecular Hbond substituents is 1. The number of aromatic nitrogens is 6. The fourth-order valence-electron chi connectivity index (χ4n) is 8.67. The number of aliphatic carboxylic acids is 1. The van der Waals surface area contributed by atoms with E-state index in [9.17, 15) is 39.0 Å². The first-order valence-corrected chi connectivity index (χ1v) is 24.9. The first-order valence-electron chi connectivity index (χ1n) is 24.9. The van der Waals surface area contributed by atoms with Crippen molar-refractivity contribution in [2.75, 3.05) is 113 Å². The number of nitrogen functional groups attached to an aromatic ring is 2. The van der Waals surface area contributed by atoms with Gasteiger partial charge in [0, 0.05) is 62.1 Å². The molecule has 3 aromatic carbocycles. The molecule has 1 saturated heterocycles. The number of ether oxygens (including phenoxy) is 4. The molecule has 0 radical (unpaired) electrons. The molecule has 78 heavy (non-hydrogen) atoms. The molecule has 1 aliphatic carbocycles. The van der Waals surface area contributed by atoms with Gasteiger partial charge in [0.25, 0.3) is 0 Å². The van der Waals surface area contributed by atoms with Crippen molar-refractivity contribution >= 4 is 76.0 Å². The van der Waals surface area contributed by atoms with Crippen molar-refractivity contribution in [3.8, 4) is 28.3 Å². The van der Waals surface area contributed by atoms with Gasteiger partial charge in [0.2, 0.25) is 24.2 Å². The summed E-state index contributed by atoms with van der Waals surface area (Å²) >= 11 is 0. The number of ketones is 1. The van der Waals surface area contributed by atoms with E-state index in [1.807, 2.05) is 11.9 Å². The Morgan fingerprint density at radius 3 is 2.19 bits per heavy atom. The summed E-state index contributed by atoms with van der Waals surface area (Å²) in [5.41, 5.74) is 19.3. The van der Waals surface area contributed by atoms with Crippen LogP contribution in [0.3, 0.4) is 0 Å². The number of hydrogen-bond acceptors (Lipinski definition) is 20. The van der Waals surface area contributed by atoms with Gasteiger partial charge in [-0.25, -0.2) is 24.6 Å². The largest absolute Gasteiger partial charge is 0.508 e. The highest BCUT2D eigenvalue weighted by Crippen LogP contribution is 2.44. The number of benzene rings is 3. The van der Waals surface area contributed by atoms with E-state index < -0.39 is 23.9 Å². The molecule has 0 saturated carbocycles. The highest BCUT2D eigenvalue weighted by atomic mass is 16.5. The number of urea groups is 1. The van der Waals surface area contributed by atoms with Crippen LogP contribution in [0.25, 0.3) is 33.7 Å². The standard InChI is InChI=1S/C51H59N15O12/c1-63(28-32-27-56-48-44(57-32)47(52)59-50(53)60-48)33-7-9-34(10-8-33)65(30-67)38(49(72)73)13-14-39(69)54-15-19-75-23-25-78-26-24-76-20-16-55-40(70)29-66-45(31-5-11-35(68)12-6-31)42-43(61-66)36-3-2-4-37(41(36)46(42)71)58-51(74)62-64-17-21-77-22-18-64/h2-12,27,30,38,68H,13-26,28-29H2,1H3,(H,54,69)(H,55,70)(H,72,73)(H2,58,62,74)(H4,52,53,56,59,60)/t38-/m0/s1. The molecule has 8 rings (SSSR count). The van der Waals surface area contributed by atoms with Crippen LogP contribution < -0.4 is 42.6 Å². The third-order valence-corrected chi connectivity index (χ3v) is 12.4. The van der Waals surface area contributed by atoms with Crippen molar-refractivity contribution in [2.45, 2.75) is 32.0 Å². The fraction of sp³-hybridized carbons (Fsp3) is 0.353. The lowest BCUT2D eigenvalue weighted by atomic mass is 10.0. The zero-order valence-electron chi connectivity index (χ0n) is 42.6. The molecule has 1 aliphatic heterocycles. The Morgan fingerprint density at radius 1 is 0.846 bits per heavy atom. The molecular formula is C51H59N15O12. The lowest BCUT2D eigenvalue weighted by Gasteiger charge is -2.27. The number of amides is 5. The minimum absolute atomic E-state index is 0.00656. The summed E-state index contributed by atoms with van der Waals surface area (Å²) in [6.07, 6.45) is 1.68. The van der Waals surface area contributed by atoms with Gasteiger partial charge < -0.3 is 66.4 Å². The molecular weight excluding hydrogens is 1010 g/mol. The Hall–Kier alpha value is -8.89. The summed E-state index contributed by atoms with van der Waals surface area (Å²) in [5.74, 6) is -2.31. The van der Waals surface area contributed by atoms with Crippen LogP contribution >= 0.6 is 0 Å². The second kappa shape index (κ2) is 26.2. The number of morpholine rings is 1. The monoisotopic (exact) mass is 1070 g/mol. The summed E-state index contributed by atoms with van der Waals surface area (Å²) < 4.78 is 23.5. The van der Waals surface area contributed by atoms with E-state index in [4.69, 9.17) is 35.5 Å². The Bertz CT molecular complexity index is 3120. The van der Waals surface area contributed by atoms with Gasteiger partial charge in [-0.3, -0.25) is 29.3 Å². The summed E-state index contributed by atoms with van der Waals surface area (Å²) in [7, 11) is 1.82. The molecule has 3 aromatic heterocycles. The van der Waals surface area contributed by atoms with Crippen LogP contribution in [0.1, 0.15) is 34.5 Å². The molecule has 10 N–H and O–H groups in total. The second-order valence-electron chi connectivity index (χ2n) is 17.8. The molecule has 1 atom stereocenters. The molecule has 4 heterocycles. The van der Waals surface area contributed by atoms with Gasteiger partial charge >= 0.3 is 12.0 Å². The van der Waals surface area contributed by atoms with Gasteiger partial charge in [-0.2, -0.15) is 15.1 Å². The van der Waals surface area contributed by atoms with Crippen LogP contribution in [0.15, 0.2) is 72.9 Å². The smallest absolute Gasteiger partial charge is 0.333 e. The number of hydrogen-bond donors (Lipinski definition) is 8. The van der Waals surface area contributed by atoms with Crippen molar-refractivity contribution in [1.82, 2.24) is 50.8 Å². The van der Waals surface area contributed by atoms with E-state index in [-0.39, 0.29) is 118 Å². The van der Waals surface area contributed by atoms with E-state index >= 15 is 0 Å². The molecule has 2 aliphatic rings. The molecule has 0 spiro atoms. The number of aromatic hydroxyl groups is 1. The SMILES string of the molecule is CN(Cc1cnc2nc(N)nc(N)c2n1)c1ccc(N(C=O)[C@@H](CCC(=O)NCCOCCOCCOCCNC(=O)Cn2nc3c(c2-c2ccc(O)cc2)C(=O)c2c(NC(=O)NN4CCOCC4)cccc2-3)C(=O)O)cc1. The van der Waals surface area contributed by atoms with E-state index in [0.717, 1.165) is 10.6 Å². The predicted molar refractivity (Wildman–Crippen MR) is 283 cm³/mol. The van der Waals surface area contributed by atoms with Crippen molar-refractivity contribution in [2.24, 2.45) is 0 Å². The van der Waals surface area contributed by atoms with E-state index in [1.165, 1.54) is 16.8 Å². The van der Waals surface area contributed by atoms with Gasteiger partial charge in [0.15, 0.2) is 22.8 Å². The van der Waals surface area contributed by atoms with E-state index in [1.54, 1.807) is 65.8 Å². The number of carbonyl (C=O) groups is 6. The Morgan fingerprint density at radius 2 is 1.51 bits per heavy atom. The molecule has 410 valence electrons. The number of anilines is 5. The summed E-state index contributed by atoms with van der Waals surface area (Å²) in [6, 6.07) is 16.2. The number of rotatable bonds is 27. The Balaban J connectivity index is 0.698. The lowest BCUT2D eigenvalue weighted by molar-refractivity contribution is -0.139. The number of phenols is 1. The van der Waals surface area contributed by atoms with Gasteiger partial charge in [-0.1, -0.05) is 12.1 Å². The third kappa shape index (κ3) is 13.9. The first kappa shape index (κ1) is 55.3. The number of carboxylic acids is 1. The van der Waals surface area contributed by atoms with Crippen LogP contribution in [0.2, 0.25) is 0 Å². The minimum atomic E-state index is -1.30.